The van der Waals surface area contributed by atoms with Crippen LogP contribution in [0.5, 0.6) is 11.5 Å². The largest absolute Gasteiger partial charge is 0.493 e. The Morgan fingerprint density at radius 3 is 2.58 bits per heavy atom. The van der Waals surface area contributed by atoms with E-state index in [9.17, 15) is 14.7 Å². The van der Waals surface area contributed by atoms with E-state index >= 15 is 0 Å². The van der Waals surface area contributed by atoms with Crippen LogP contribution in [0, 0.1) is 0 Å². The number of benzene rings is 1. The van der Waals surface area contributed by atoms with Crippen LogP contribution in [-0.4, -0.2) is 45.5 Å². The van der Waals surface area contributed by atoms with Crippen molar-refractivity contribution >= 4 is 46.3 Å². The van der Waals surface area contributed by atoms with Crippen LogP contribution in [0.15, 0.2) is 23.1 Å². The van der Waals surface area contributed by atoms with Crippen LogP contribution < -0.4 is 9.47 Å². The van der Waals surface area contributed by atoms with Crippen molar-refractivity contribution in [3.63, 3.8) is 0 Å². The van der Waals surface area contributed by atoms with Crippen LogP contribution in [0.25, 0.3) is 6.08 Å². The molecule has 0 aromatic heterocycles. The molecule has 1 saturated heterocycles. The lowest BCUT2D eigenvalue weighted by atomic mass is 10.1. The lowest BCUT2D eigenvalue weighted by molar-refractivity contribution is -0.144. The monoisotopic (exact) mass is 465 g/mol. The Hall–Kier alpha value is -2.06. The quantitative estimate of drug-likeness (QED) is 0.248. The van der Waals surface area contributed by atoms with Gasteiger partial charge < -0.3 is 14.6 Å². The van der Waals surface area contributed by atoms with Crippen LogP contribution in [0.4, 0.5) is 0 Å². The zero-order valence-electron chi connectivity index (χ0n) is 18.6. The number of unbranched alkanes of at least 4 members (excludes halogenated alkanes) is 4. The molecule has 170 valence electrons. The molecule has 1 amide bonds. The predicted molar refractivity (Wildman–Crippen MR) is 129 cm³/mol. The number of rotatable bonds is 12. The SMILES string of the molecule is CCCCCCCC(C)Oc1ccc(/C=C2/SC(=S)N(C(C)C(=O)O)C2=O)cc1OC. The van der Waals surface area contributed by atoms with Gasteiger partial charge in [0, 0.05) is 0 Å². The molecule has 0 radical (unpaired) electrons. The highest BCUT2D eigenvalue weighted by Gasteiger charge is 2.38. The Kier molecular flexibility index (Phi) is 9.84. The van der Waals surface area contributed by atoms with Crippen molar-refractivity contribution in [1.82, 2.24) is 4.90 Å². The van der Waals surface area contributed by atoms with E-state index in [1.807, 2.05) is 12.1 Å². The summed E-state index contributed by atoms with van der Waals surface area (Å²) < 4.78 is 11.8. The van der Waals surface area contributed by atoms with E-state index in [2.05, 4.69) is 13.8 Å². The van der Waals surface area contributed by atoms with Gasteiger partial charge in [-0.1, -0.05) is 62.7 Å². The summed E-state index contributed by atoms with van der Waals surface area (Å²) in [6.07, 6.45) is 8.88. The number of carbonyl (C=O) groups is 2. The van der Waals surface area contributed by atoms with Crippen molar-refractivity contribution in [3.05, 3.63) is 28.7 Å². The second kappa shape index (κ2) is 12.1. The number of hydrogen-bond donors (Lipinski definition) is 1. The van der Waals surface area contributed by atoms with Crippen LogP contribution in [0.3, 0.4) is 0 Å². The van der Waals surface area contributed by atoms with Crippen molar-refractivity contribution < 1.29 is 24.2 Å². The molecule has 1 aliphatic rings. The van der Waals surface area contributed by atoms with E-state index in [0.717, 1.165) is 35.1 Å². The summed E-state index contributed by atoms with van der Waals surface area (Å²) in [6.45, 7) is 5.71. The van der Waals surface area contributed by atoms with Gasteiger partial charge in [-0.15, -0.1) is 0 Å². The first kappa shape index (κ1) is 25.2. The molecule has 0 aliphatic carbocycles. The Bertz CT molecular complexity index is 839. The molecule has 1 heterocycles. The molecule has 2 unspecified atom stereocenters. The standard InChI is InChI=1S/C23H31NO5S2/c1-5-6-7-8-9-10-15(2)29-18-12-11-17(13-19(18)28-4)14-20-21(25)24(23(30)31-20)16(3)22(26)27/h11-16H,5-10H2,1-4H3,(H,26,27)/b20-14+. The maximum absolute atomic E-state index is 12.6. The molecule has 1 aromatic carbocycles. The van der Waals surface area contributed by atoms with E-state index in [0.29, 0.717) is 16.4 Å². The minimum absolute atomic E-state index is 0.0788. The van der Waals surface area contributed by atoms with Crippen molar-refractivity contribution in [2.24, 2.45) is 0 Å². The summed E-state index contributed by atoms with van der Waals surface area (Å²) in [5, 5.41) is 9.20. The summed E-state index contributed by atoms with van der Waals surface area (Å²) in [5.74, 6) is -0.255. The summed E-state index contributed by atoms with van der Waals surface area (Å²) in [5.41, 5.74) is 0.750. The third-order valence-corrected chi connectivity index (χ3v) is 6.43. The topological polar surface area (TPSA) is 76.1 Å². The van der Waals surface area contributed by atoms with Crippen molar-refractivity contribution in [1.29, 1.82) is 0 Å². The molecule has 31 heavy (non-hydrogen) atoms. The molecular formula is C23H31NO5S2. The molecule has 1 N–H and O–H groups in total. The van der Waals surface area contributed by atoms with Gasteiger partial charge in [-0.25, -0.2) is 4.79 Å². The van der Waals surface area contributed by atoms with Gasteiger partial charge in [0.2, 0.25) is 0 Å². The molecule has 2 rings (SSSR count). The zero-order chi connectivity index (χ0) is 23.0. The van der Waals surface area contributed by atoms with Crippen LogP contribution >= 0.6 is 24.0 Å². The average Bonchev–Trinajstić information content (AvgIpc) is 3.01. The maximum Gasteiger partial charge on any atom is 0.326 e. The first-order valence-corrected chi connectivity index (χ1v) is 11.9. The van der Waals surface area contributed by atoms with E-state index < -0.39 is 17.9 Å². The van der Waals surface area contributed by atoms with E-state index in [1.54, 1.807) is 19.3 Å². The van der Waals surface area contributed by atoms with Gasteiger partial charge in [0.25, 0.3) is 5.91 Å². The minimum atomic E-state index is -1.10. The summed E-state index contributed by atoms with van der Waals surface area (Å²) in [4.78, 5) is 25.4. The fraction of sp³-hybridized carbons (Fsp3) is 0.522. The molecule has 1 aliphatic heterocycles. The summed E-state index contributed by atoms with van der Waals surface area (Å²) in [6, 6.07) is 4.47. The fourth-order valence-electron chi connectivity index (χ4n) is 3.26. The number of ether oxygens (including phenoxy) is 2. The molecule has 6 nitrogen and oxygen atoms in total. The average molecular weight is 466 g/mol. The van der Waals surface area contributed by atoms with Gasteiger partial charge in [0.1, 0.15) is 10.4 Å². The number of hydrogen-bond acceptors (Lipinski definition) is 6. The number of nitrogens with zero attached hydrogens (tertiary/aromatic N) is 1. The number of carbonyl (C=O) groups excluding carboxylic acids is 1. The fourth-order valence-corrected chi connectivity index (χ4v) is 4.68. The van der Waals surface area contributed by atoms with Crippen LogP contribution in [0.1, 0.15) is 64.9 Å². The molecule has 0 saturated carbocycles. The number of thiocarbonyl (C=S) groups is 1. The van der Waals surface area contributed by atoms with Crippen molar-refractivity contribution in [3.8, 4) is 11.5 Å². The number of methoxy groups -OCH3 is 1. The molecule has 0 bridgehead atoms. The number of carboxylic acids is 1. The number of carboxylic acid groups (broad SMARTS) is 1. The second-order valence-corrected chi connectivity index (χ2v) is 9.28. The Morgan fingerprint density at radius 2 is 1.94 bits per heavy atom. The van der Waals surface area contributed by atoms with Gasteiger partial charge in [0.05, 0.1) is 18.1 Å². The van der Waals surface area contributed by atoms with Crippen molar-refractivity contribution in [2.75, 3.05) is 7.11 Å². The van der Waals surface area contributed by atoms with E-state index in [4.69, 9.17) is 21.7 Å². The first-order valence-electron chi connectivity index (χ1n) is 10.6. The molecule has 0 spiro atoms. The Labute approximate surface area is 194 Å². The Morgan fingerprint density at radius 1 is 1.23 bits per heavy atom. The molecule has 8 heteroatoms. The second-order valence-electron chi connectivity index (χ2n) is 7.61. The Balaban J connectivity index is 2.07. The number of amides is 1. The van der Waals surface area contributed by atoms with Crippen LogP contribution in [-0.2, 0) is 9.59 Å². The zero-order valence-corrected chi connectivity index (χ0v) is 20.2. The number of thioether (sulfide) groups is 1. The normalized spacial score (nSPS) is 17.2. The highest BCUT2D eigenvalue weighted by molar-refractivity contribution is 8.26. The number of aliphatic carboxylic acids is 1. The van der Waals surface area contributed by atoms with Gasteiger partial charge in [-0.05, 0) is 50.5 Å². The molecule has 2 atom stereocenters. The highest BCUT2D eigenvalue weighted by Crippen LogP contribution is 2.36. The molecule has 1 aromatic rings. The summed E-state index contributed by atoms with van der Waals surface area (Å²) in [7, 11) is 1.58. The van der Waals surface area contributed by atoms with Gasteiger partial charge in [0.15, 0.2) is 11.5 Å². The van der Waals surface area contributed by atoms with Gasteiger partial charge in [-0.2, -0.15) is 0 Å². The van der Waals surface area contributed by atoms with E-state index in [-0.39, 0.29) is 10.4 Å². The third-order valence-electron chi connectivity index (χ3n) is 5.10. The third kappa shape index (κ3) is 6.97. The lowest BCUT2D eigenvalue weighted by Gasteiger charge is -2.18. The van der Waals surface area contributed by atoms with Gasteiger partial charge in [-0.3, -0.25) is 9.69 Å². The smallest absolute Gasteiger partial charge is 0.326 e. The first-order chi connectivity index (χ1) is 14.8. The predicted octanol–water partition coefficient (Wildman–Crippen LogP) is 5.50. The van der Waals surface area contributed by atoms with Gasteiger partial charge >= 0.3 is 5.97 Å². The van der Waals surface area contributed by atoms with Crippen LogP contribution in [0.2, 0.25) is 0 Å². The summed E-state index contributed by atoms with van der Waals surface area (Å²) >= 11 is 6.30. The highest BCUT2D eigenvalue weighted by atomic mass is 32.2. The lowest BCUT2D eigenvalue weighted by Crippen LogP contribution is -2.41. The van der Waals surface area contributed by atoms with Crippen molar-refractivity contribution in [2.45, 2.75) is 71.4 Å². The minimum Gasteiger partial charge on any atom is -0.493 e. The maximum atomic E-state index is 12.6. The molecular weight excluding hydrogens is 434 g/mol. The molecule has 1 fully saturated rings. The van der Waals surface area contributed by atoms with E-state index in [1.165, 1.54) is 32.6 Å².